The summed E-state index contributed by atoms with van der Waals surface area (Å²) < 4.78 is 20.5. The molecule has 0 saturated heterocycles. The molecule has 0 spiro atoms. The van der Waals surface area contributed by atoms with Gasteiger partial charge in [-0.05, 0) is 29.3 Å². The topological polar surface area (TPSA) is 73.8 Å². The fraction of sp³-hybridized carbons (Fsp3) is 0.0833. The zero-order valence-corrected chi connectivity index (χ0v) is 18.7. The molecule has 9 heteroatoms. The average Bonchev–Trinajstić information content (AvgIpc) is 3.30. The molecular weight excluding hydrogens is 463 g/mol. The quantitative estimate of drug-likeness (QED) is 0.297. The van der Waals surface area contributed by atoms with Crippen LogP contribution in [0.2, 0.25) is 5.02 Å². The van der Waals surface area contributed by atoms with Gasteiger partial charge in [0.15, 0.2) is 5.69 Å². The van der Waals surface area contributed by atoms with Crippen LogP contribution in [0.4, 0.5) is 4.39 Å². The van der Waals surface area contributed by atoms with Crippen molar-refractivity contribution < 1.29 is 8.81 Å². The van der Waals surface area contributed by atoms with Crippen LogP contribution >= 0.6 is 23.4 Å². The first-order chi connectivity index (χ1) is 16.1. The van der Waals surface area contributed by atoms with Gasteiger partial charge in [0.25, 0.3) is 16.7 Å². The molecule has 0 fully saturated rings. The van der Waals surface area contributed by atoms with Gasteiger partial charge in [-0.1, -0.05) is 78.0 Å². The molecule has 0 radical (unpaired) electrons. The van der Waals surface area contributed by atoms with Crippen LogP contribution in [-0.2, 0) is 12.3 Å². The van der Waals surface area contributed by atoms with Crippen molar-refractivity contribution in [3.8, 4) is 11.6 Å². The zero-order chi connectivity index (χ0) is 22.8. The molecule has 5 rings (SSSR count). The van der Waals surface area contributed by atoms with Crippen molar-refractivity contribution in [2.75, 3.05) is 0 Å². The third-order valence-electron chi connectivity index (χ3n) is 5.02. The predicted molar refractivity (Wildman–Crippen MR) is 126 cm³/mol. The third-order valence-corrected chi connectivity index (χ3v) is 6.24. The van der Waals surface area contributed by atoms with E-state index in [9.17, 15) is 9.18 Å². The van der Waals surface area contributed by atoms with Crippen LogP contribution in [-0.4, -0.2) is 20.0 Å². The molecule has 3 aromatic carbocycles. The van der Waals surface area contributed by atoms with Gasteiger partial charge in [0.2, 0.25) is 0 Å². The van der Waals surface area contributed by atoms with Gasteiger partial charge in [-0.15, -0.1) is 10.2 Å². The highest BCUT2D eigenvalue weighted by Crippen LogP contribution is 2.30. The van der Waals surface area contributed by atoms with Gasteiger partial charge < -0.3 is 4.42 Å². The first-order valence-electron chi connectivity index (χ1n) is 10.0. The standard InChI is InChI=1S/C24H16ClFN4O2S/c25-20-12-17(26)11-10-16(20)14-33-24-28-27-22(32-24)21-18-8-4-5-9-19(18)23(31)30(29-21)13-15-6-2-1-3-7-15/h1-12H,13-14H2. The maximum atomic E-state index is 13.3. The Labute approximate surface area is 197 Å². The molecule has 0 aliphatic rings. The Morgan fingerprint density at radius 2 is 1.73 bits per heavy atom. The molecule has 6 nitrogen and oxygen atoms in total. The van der Waals surface area contributed by atoms with E-state index < -0.39 is 5.82 Å². The molecule has 0 N–H and O–H groups in total. The lowest BCUT2D eigenvalue weighted by Crippen LogP contribution is -2.24. The van der Waals surface area contributed by atoms with E-state index in [1.165, 1.54) is 28.6 Å². The lowest BCUT2D eigenvalue weighted by molar-refractivity contribution is 0.462. The summed E-state index contributed by atoms with van der Waals surface area (Å²) in [5.74, 6) is 0.251. The highest BCUT2D eigenvalue weighted by atomic mass is 35.5. The lowest BCUT2D eigenvalue weighted by Gasteiger charge is -2.09. The minimum atomic E-state index is -0.391. The minimum Gasteiger partial charge on any atom is -0.409 e. The maximum absolute atomic E-state index is 13.3. The number of halogens is 2. The highest BCUT2D eigenvalue weighted by Gasteiger charge is 2.18. The Balaban J connectivity index is 1.48. The van der Waals surface area contributed by atoms with Crippen molar-refractivity contribution in [1.82, 2.24) is 20.0 Å². The lowest BCUT2D eigenvalue weighted by atomic mass is 10.1. The number of nitrogens with zero attached hydrogens (tertiary/aromatic N) is 4. The van der Waals surface area contributed by atoms with Crippen LogP contribution in [0.15, 0.2) is 87.2 Å². The van der Waals surface area contributed by atoms with Gasteiger partial charge in [0, 0.05) is 16.2 Å². The number of hydrogen-bond donors (Lipinski definition) is 0. The molecule has 5 aromatic rings. The Morgan fingerprint density at radius 3 is 2.52 bits per heavy atom. The normalized spacial score (nSPS) is 11.2. The van der Waals surface area contributed by atoms with Gasteiger partial charge in [-0.3, -0.25) is 4.79 Å². The van der Waals surface area contributed by atoms with E-state index in [1.807, 2.05) is 42.5 Å². The molecule has 0 bridgehead atoms. The molecular formula is C24H16ClFN4O2S. The summed E-state index contributed by atoms with van der Waals surface area (Å²) in [7, 11) is 0. The Kier molecular flexibility index (Phi) is 5.93. The van der Waals surface area contributed by atoms with Gasteiger partial charge in [-0.2, -0.15) is 5.10 Å². The van der Waals surface area contributed by atoms with Crippen LogP contribution in [0.5, 0.6) is 0 Å². The summed E-state index contributed by atoms with van der Waals surface area (Å²) in [5, 5.41) is 14.6. The van der Waals surface area contributed by atoms with E-state index in [0.717, 1.165) is 11.1 Å². The Bertz CT molecular complexity index is 1500. The molecule has 33 heavy (non-hydrogen) atoms. The number of rotatable bonds is 6. The van der Waals surface area contributed by atoms with Crippen LogP contribution in [0, 0.1) is 5.82 Å². The van der Waals surface area contributed by atoms with E-state index in [-0.39, 0.29) is 11.4 Å². The van der Waals surface area contributed by atoms with Crippen molar-refractivity contribution in [1.29, 1.82) is 0 Å². The van der Waals surface area contributed by atoms with Crippen molar-refractivity contribution in [2.45, 2.75) is 17.5 Å². The monoisotopic (exact) mass is 478 g/mol. The molecule has 2 heterocycles. The summed E-state index contributed by atoms with van der Waals surface area (Å²) >= 11 is 7.38. The van der Waals surface area contributed by atoms with Crippen molar-refractivity contribution in [3.05, 3.63) is 105 Å². The van der Waals surface area contributed by atoms with Gasteiger partial charge in [-0.25, -0.2) is 9.07 Å². The zero-order valence-electron chi connectivity index (χ0n) is 17.1. The number of thioether (sulfide) groups is 1. The van der Waals surface area contributed by atoms with E-state index in [1.54, 1.807) is 18.2 Å². The molecule has 2 aromatic heterocycles. The van der Waals surface area contributed by atoms with Crippen molar-refractivity contribution >= 4 is 34.1 Å². The fourth-order valence-corrected chi connectivity index (χ4v) is 4.48. The summed E-state index contributed by atoms with van der Waals surface area (Å²) in [6.45, 7) is 0.316. The smallest absolute Gasteiger partial charge is 0.277 e. The third kappa shape index (κ3) is 4.53. The molecule has 0 unspecified atom stereocenters. The summed E-state index contributed by atoms with van der Waals surface area (Å²) in [5.41, 5.74) is 1.94. The number of aromatic nitrogens is 4. The maximum Gasteiger partial charge on any atom is 0.277 e. The first kappa shape index (κ1) is 21.4. The Morgan fingerprint density at radius 1 is 0.970 bits per heavy atom. The first-order valence-corrected chi connectivity index (χ1v) is 11.4. The number of fused-ring (bicyclic) bond motifs is 1. The van der Waals surface area contributed by atoms with Crippen LogP contribution < -0.4 is 5.56 Å². The molecule has 0 saturated carbocycles. The number of hydrogen-bond acceptors (Lipinski definition) is 6. The second kappa shape index (κ2) is 9.17. The van der Waals surface area contributed by atoms with Crippen molar-refractivity contribution in [3.63, 3.8) is 0 Å². The molecule has 0 aliphatic carbocycles. The van der Waals surface area contributed by atoms with E-state index in [4.69, 9.17) is 16.0 Å². The van der Waals surface area contributed by atoms with Gasteiger partial charge >= 0.3 is 0 Å². The largest absolute Gasteiger partial charge is 0.409 e. The fourth-order valence-electron chi connectivity index (χ4n) is 3.40. The van der Waals surface area contributed by atoms with Crippen LogP contribution in [0.25, 0.3) is 22.4 Å². The van der Waals surface area contributed by atoms with Gasteiger partial charge in [0.1, 0.15) is 5.82 Å². The molecule has 0 aliphatic heterocycles. The number of benzene rings is 3. The molecule has 0 amide bonds. The Hall–Kier alpha value is -3.49. The highest BCUT2D eigenvalue weighted by molar-refractivity contribution is 7.98. The second-order valence-electron chi connectivity index (χ2n) is 7.24. The minimum absolute atomic E-state index is 0.196. The van der Waals surface area contributed by atoms with Crippen molar-refractivity contribution in [2.24, 2.45) is 0 Å². The predicted octanol–water partition coefficient (Wildman–Crippen LogP) is 5.58. The van der Waals surface area contributed by atoms with E-state index >= 15 is 0 Å². The SMILES string of the molecule is O=c1c2ccccc2c(-c2nnc(SCc3ccc(F)cc3Cl)o2)nn1Cc1ccccc1. The van der Waals surface area contributed by atoms with Crippen LogP contribution in [0.3, 0.4) is 0 Å². The molecule has 0 atom stereocenters. The summed E-state index contributed by atoms with van der Waals surface area (Å²) in [4.78, 5) is 13.0. The summed E-state index contributed by atoms with van der Waals surface area (Å²) in [6.07, 6.45) is 0. The second-order valence-corrected chi connectivity index (χ2v) is 8.57. The molecule has 164 valence electrons. The summed E-state index contributed by atoms with van der Waals surface area (Å²) in [6, 6.07) is 21.1. The van der Waals surface area contributed by atoms with Crippen LogP contribution in [0.1, 0.15) is 11.1 Å². The average molecular weight is 479 g/mol. The van der Waals surface area contributed by atoms with E-state index in [0.29, 0.717) is 39.0 Å². The van der Waals surface area contributed by atoms with Gasteiger partial charge in [0.05, 0.1) is 11.9 Å². The van der Waals surface area contributed by atoms with E-state index in [2.05, 4.69) is 15.3 Å².